The van der Waals surface area contributed by atoms with E-state index in [1.165, 1.54) is 44.9 Å². The molecule has 0 fully saturated rings. The Balaban J connectivity index is 0.00000256. The molecular weight excluding hydrogens is 236 g/mol. The zero-order valence-corrected chi connectivity index (χ0v) is 13.3. The van der Waals surface area contributed by atoms with E-state index in [9.17, 15) is 5.11 Å². The van der Waals surface area contributed by atoms with Gasteiger partial charge < -0.3 is 5.11 Å². The van der Waals surface area contributed by atoms with E-state index < -0.39 is 0 Å². The van der Waals surface area contributed by atoms with Gasteiger partial charge >= 0.3 is 0 Å². The molecule has 0 saturated carbocycles. The summed E-state index contributed by atoms with van der Waals surface area (Å²) in [5, 5.41) is 9.58. The van der Waals surface area contributed by atoms with Gasteiger partial charge in [-0.05, 0) is 24.5 Å². The van der Waals surface area contributed by atoms with Crippen LogP contribution in [0.25, 0.3) is 0 Å². The van der Waals surface area contributed by atoms with Gasteiger partial charge in [0.05, 0.1) is 0 Å². The molecule has 0 saturated heterocycles. The summed E-state index contributed by atoms with van der Waals surface area (Å²) >= 11 is 0. The van der Waals surface area contributed by atoms with E-state index in [-0.39, 0.29) is 37.7 Å². The summed E-state index contributed by atoms with van der Waals surface area (Å²) in [6.45, 7) is 2.25. The van der Waals surface area contributed by atoms with Crippen molar-refractivity contribution >= 4 is 37.7 Å². The van der Waals surface area contributed by atoms with E-state index in [0.29, 0.717) is 5.75 Å². The molecule has 0 heterocycles. The Kier molecular flexibility index (Phi) is 11.6. The molecule has 2 heteroatoms. The minimum Gasteiger partial charge on any atom is -0.508 e. The molecule has 92 valence electrons. The number of phenolic OH excluding ortho intramolecular Hbond substituents is 1. The van der Waals surface area contributed by atoms with Crippen LogP contribution in [-0.4, -0.2) is 42.8 Å². The second-order valence-corrected chi connectivity index (χ2v) is 4.50. The van der Waals surface area contributed by atoms with E-state index in [4.69, 9.17) is 0 Å². The molecule has 0 aliphatic rings. The maximum absolute atomic E-state index is 9.58. The summed E-state index contributed by atoms with van der Waals surface area (Å²) < 4.78 is 0. The summed E-state index contributed by atoms with van der Waals surface area (Å²) in [4.78, 5) is 0. The van der Waals surface area contributed by atoms with E-state index in [2.05, 4.69) is 6.92 Å². The summed E-state index contributed by atoms with van der Waals surface area (Å²) in [5.74, 6) is 0.452. The molecular formula is C15H24CaO. The van der Waals surface area contributed by atoms with Crippen LogP contribution < -0.4 is 0 Å². The minimum absolute atomic E-state index is 0. The zero-order valence-electron chi connectivity index (χ0n) is 11.1. The van der Waals surface area contributed by atoms with Gasteiger partial charge in [0.2, 0.25) is 0 Å². The molecule has 0 aromatic heterocycles. The first kappa shape index (κ1) is 17.3. The van der Waals surface area contributed by atoms with E-state index in [1.54, 1.807) is 6.07 Å². The summed E-state index contributed by atoms with van der Waals surface area (Å²) in [6, 6.07) is 7.67. The molecule has 0 aliphatic heterocycles. The zero-order chi connectivity index (χ0) is 11.6. The second kappa shape index (κ2) is 11.4. The van der Waals surface area contributed by atoms with Crippen LogP contribution in [0.5, 0.6) is 5.75 Å². The smallest absolute Gasteiger partial charge is 0.118 e. The largest absolute Gasteiger partial charge is 0.508 e. The topological polar surface area (TPSA) is 20.2 Å². The van der Waals surface area contributed by atoms with Crippen molar-refractivity contribution in [1.29, 1.82) is 0 Å². The van der Waals surface area contributed by atoms with Crippen molar-refractivity contribution in [3.05, 3.63) is 29.8 Å². The van der Waals surface area contributed by atoms with Crippen LogP contribution >= 0.6 is 0 Å². The third kappa shape index (κ3) is 8.07. The Morgan fingerprint density at radius 2 is 1.47 bits per heavy atom. The number of aromatic hydroxyl groups is 1. The summed E-state index contributed by atoms with van der Waals surface area (Å²) in [7, 11) is 0. The van der Waals surface area contributed by atoms with Gasteiger partial charge in [0.1, 0.15) is 5.75 Å². The molecule has 1 aromatic rings. The van der Waals surface area contributed by atoms with Crippen molar-refractivity contribution in [2.45, 2.75) is 58.3 Å². The molecule has 1 rings (SSSR count). The normalized spacial score (nSPS) is 9.94. The Bertz CT molecular complexity index is 286. The van der Waals surface area contributed by atoms with E-state index in [1.807, 2.05) is 18.2 Å². The maximum Gasteiger partial charge on any atom is 0.118 e. The average Bonchev–Trinajstić information content (AvgIpc) is 2.30. The molecule has 0 unspecified atom stereocenters. The predicted molar refractivity (Wildman–Crippen MR) is 75.6 cm³/mol. The number of rotatable bonds is 8. The number of unbranched alkanes of at least 4 members (excludes halogenated alkanes) is 6. The average molecular weight is 260 g/mol. The van der Waals surface area contributed by atoms with Gasteiger partial charge in [0.15, 0.2) is 0 Å². The van der Waals surface area contributed by atoms with Crippen molar-refractivity contribution in [2.75, 3.05) is 0 Å². The van der Waals surface area contributed by atoms with Gasteiger partial charge in [-0.1, -0.05) is 63.6 Å². The number of para-hydroxylation sites is 1. The fourth-order valence-electron chi connectivity index (χ4n) is 1.99. The van der Waals surface area contributed by atoms with Gasteiger partial charge in [-0.15, -0.1) is 0 Å². The molecule has 0 atom stereocenters. The van der Waals surface area contributed by atoms with Crippen LogP contribution in [0.2, 0.25) is 0 Å². The predicted octanol–water partition coefficient (Wildman–Crippen LogP) is 4.30. The quantitative estimate of drug-likeness (QED) is 0.545. The van der Waals surface area contributed by atoms with Crippen molar-refractivity contribution in [1.82, 2.24) is 0 Å². The van der Waals surface area contributed by atoms with E-state index >= 15 is 0 Å². The molecule has 0 bridgehead atoms. The Morgan fingerprint density at radius 3 is 2.12 bits per heavy atom. The molecule has 1 N–H and O–H groups in total. The standard InChI is InChI=1S/C15H24O.Ca/c1-2-3-4-5-6-7-8-11-14-12-9-10-13-15(14)16;/h9-10,12-13,16H,2-8,11H2,1H3;. The van der Waals surface area contributed by atoms with Crippen molar-refractivity contribution < 1.29 is 5.11 Å². The Hall–Kier alpha value is 0.280. The van der Waals surface area contributed by atoms with Gasteiger partial charge in [-0.3, -0.25) is 0 Å². The minimum atomic E-state index is 0. The molecule has 0 amide bonds. The molecule has 0 spiro atoms. The van der Waals surface area contributed by atoms with Gasteiger partial charge in [0, 0.05) is 37.7 Å². The second-order valence-electron chi connectivity index (χ2n) is 4.50. The van der Waals surface area contributed by atoms with Gasteiger partial charge in [0.25, 0.3) is 0 Å². The van der Waals surface area contributed by atoms with Gasteiger partial charge in [-0.25, -0.2) is 0 Å². The molecule has 1 nitrogen and oxygen atoms in total. The molecule has 17 heavy (non-hydrogen) atoms. The Labute approximate surface area is 136 Å². The number of aryl methyl sites for hydroxylation is 1. The van der Waals surface area contributed by atoms with Gasteiger partial charge in [-0.2, -0.15) is 0 Å². The third-order valence-electron chi connectivity index (χ3n) is 3.04. The number of hydrogen-bond donors (Lipinski definition) is 1. The molecule has 2 radical (unpaired) electrons. The maximum atomic E-state index is 9.58. The number of benzene rings is 1. The Morgan fingerprint density at radius 1 is 0.882 bits per heavy atom. The van der Waals surface area contributed by atoms with Crippen molar-refractivity contribution in [3.63, 3.8) is 0 Å². The summed E-state index contributed by atoms with van der Waals surface area (Å²) in [5.41, 5.74) is 1.09. The van der Waals surface area contributed by atoms with Crippen molar-refractivity contribution in [3.8, 4) is 5.75 Å². The first-order chi connectivity index (χ1) is 7.84. The van der Waals surface area contributed by atoms with Crippen LogP contribution in [-0.2, 0) is 6.42 Å². The SMILES string of the molecule is CCCCCCCCCc1ccccc1O.[Ca]. The number of hydrogen-bond acceptors (Lipinski definition) is 1. The van der Waals surface area contributed by atoms with Crippen LogP contribution in [0.4, 0.5) is 0 Å². The van der Waals surface area contributed by atoms with Crippen LogP contribution in [0.3, 0.4) is 0 Å². The first-order valence-electron chi connectivity index (χ1n) is 6.61. The van der Waals surface area contributed by atoms with E-state index in [0.717, 1.165) is 12.0 Å². The van der Waals surface area contributed by atoms with Crippen LogP contribution in [0.1, 0.15) is 57.4 Å². The van der Waals surface area contributed by atoms with Crippen LogP contribution in [0.15, 0.2) is 24.3 Å². The molecule has 1 aromatic carbocycles. The fourth-order valence-corrected chi connectivity index (χ4v) is 1.99. The summed E-state index contributed by atoms with van der Waals surface area (Å²) in [6.07, 6.45) is 10.3. The number of phenols is 1. The van der Waals surface area contributed by atoms with Crippen LogP contribution in [0, 0.1) is 0 Å². The first-order valence-corrected chi connectivity index (χ1v) is 6.61. The monoisotopic (exact) mass is 260 g/mol. The van der Waals surface area contributed by atoms with Crippen molar-refractivity contribution in [2.24, 2.45) is 0 Å². The fraction of sp³-hybridized carbons (Fsp3) is 0.600. The third-order valence-corrected chi connectivity index (χ3v) is 3.04. The molecule has 0 aliphatic carbocycles.